The summed E-state index contributed by atoms with van der Waals surface area (Å²) in [5.41, 5.74) is 5.76. The zero-order valence-electron chi connectivity index (χ0n) is 11.1. The maximum absolute atomic E-state index is 14.1. The predicted molar refractivity (Wildman–Crippen MR) is 73.3 cm³/mol. The van der Waals surface area contributed by atoms with Gasteiger partial charge in [0, 0.05) is 13.1 Å². The smallest absolute Gasteiger partial charge is 0.404 e. The number of halogens is 1. The fraction of sp³-hybridized carbons (Fsp3) is 0.385. The van der Waals surface area contributed by atoms with E-state index < -0.39 is 24.1 Å². The van der Waals surface area contributed by atoms with Gasteiger partial charge in [0.2, 0.25) is 0 Å². The lowest BCUT2D eigenvalue weighted by Gasteiger charge is -2.37. The number of carbonyl (C=O) groups is 1. The molecule has 2 unspecified atom stereocenters. The lowest BCUT2D eigenvalue weighted by molar-refractivity contribution is 0.108. The molecule has 1 aliphatic heterocycles. The van der Waals surface area contributed by atoms with Crippen molar-refractivity contribution in [2.45, 2.75) is 18.6 Å². The van der Waals surface area contributed by atoms with Crippen molar-refractivity contribution in [3.63, 3.8) is 0 Å². The Morgan fingerprint density at radius 3 is 2.86 bits per heavy atom. The summed E-state index contributed by atoms with van der Waals surface area (Å²) in [6, 6.07) is 3.90. The molecule has 8 heteroatoms. The van der Waals surface area contributed by atoms with Crippen LogP contribution >= 0.6 is 0 Å². The van der Waals surface area contributed by atoms with E-state index in [2.05, 4.69) is 5.32 Å². The lowest BCUT2D eigenvalue weighted by atomic mass is 10.0. The van der Waals surface area contributed by atoms with Gasteiger partial charge in [-0.2, -0.15) is 5.26 Å². The van der Waals surface area contributed by atoms with Gasteiger partial charge in [-0.3, -0.25) is 0 Å². The maximum atomic E-state index is 14.1. The Hall–Kier alpha value is -2.53. The first-order chi connectivity index (χ1) is 9.92. The summed E-state index contributed by atoms with van der Waals surface area (Å²) < 4.78 is 14.1. The fourth-order valence-corrected chi connectivity index (χ4v) is 2.40. The number of nitrogens with one attached hydrogen (secondary N) is 1. The van der Waals surface area contributed by atoms with Crippen LogP contribution in [0.15, 0.2) is 12.1 Å². The van der Waals surface area contributed by atoms with Crippen LogP contribution < -0.4 is 16.0 Å². The molecule has 7 nitrogen and oxygen atoms in total. The molecule has 1 saturated heterocycles. The number of benzene rings is 1. The summed E-state index contributed by atoms with van der Waals surface area (Å²) in [5.74, 6) is -0.647. The number of amides is 1. The van der Waals surface area contributed by atoms with E-state index in [4.69, 9.17) is 16.1 Å². The van der Waals surface area contributed by atoms with Crippen LogP contribution in [-0.2, 0) is 0 Å². The molecule has 112 valence electrons. The molecule has 21 heavy (non-hydrogen) atoms. The number of nitrogens with two attached hydrogens (primary N) is 1. The van der Waals surface area contributed by atoms with E-state index in [9.17, 15) is 14.3 Å². The quantitative estimate of drug-likeness (QED) is 0.589. The molecular weight excluding hydrogens is 279 g/mol. The zero-order valence-corrected chi connectivity index (χ0v) is 11.1. The van der Waals surface area contributed by atoms with Gasteiger partial charge in [0.25, 0.3) is 0 Å². The molecule has 0 bridgehead atoms. The van der Waals surface area contributed by atoms with E-state index in [-0.39, 0.29) is 23.5 Å². The number of rotatable bonds is 2. The average Bonchev–Trinajstić information content (AvgIpc) is 2.43. The molecule has 0 aliphatic carbocycles. The molecule has 2 atom stereocenters. The van der Waals surface area contributed by atoms with Crippen LogP contribution in [0.3, 0.4) is 0 Å². The van der Waals surface area contributed by atoms with Crippen molar-refractivity contribution in [1.29, 1.82) is 5.26 Å². The minimum atomic E-state index is -1.21. The van der Waals surface area contributed by atoms with Crippen molar-refractivity contribution in [3.8, 4) is 6.07 Å². The third-order valence-corrected chi connectivity index (χ3v) is 3.44. The zero-order chi connectivity index (χ0) is 15.6. The summed E-state index contributed by atoms with van der Waals surface area (Å²) in [6.07, 6.45) is -1.86. The van der Waals surface area contributed by atoms with Crippen LogP contribution in [-0.4, -0.2) is 41.5 Å². The SMILES string of the molecule is N#Cc1cc(N)c(F)c(N2CCC(NC(=O)O)C(O)C2)c1. The van der Waals surface area contributed by atoms with E-state index in [0.717, 1.165) is 0 Å². The third kappa shape index (κ3) is 3.14. The number of carboxylic acid groups (broad SMARTS) is 1. The minimum Gasteiger partial charge on any atom is -0.465 e. The highest BCUT2D eigenvalue weighted by Gasteiger charge is 2.30. The van der Waals surface area contributed by atoms with Gasteiger partial charge >= 0.3 is 6.09 Å². The molecule has 0 radical (unpaired) electrons. The Morgan fingerprint density at radius 1 is 1.57 bits per heavy atom. The second-order valence-electron chi connectivity index (χ2n) is 4.87. The number of aliphatic hydroxyl groups excluding tert-OH is 1. The molecular formula is C13H15FN4O3. The average molecular weight is 294 g/mol. The van der Waals surface area contributed by atoms with Gasteiger partial charge in [-0.1, -0.05) is 0 Å². The number of nitrogens with zero attached hydrogens (tertiary/aromatic N) is 2. The van der Waals surface area contributed by atoms with Gasteiger partial charge in [-0.05, 0) is 18.6 Å². The molecule has 5 N–H and O–H groups in total. The van der Waals surface area contributed by atoms with Crippen molar-refractivity contribution in [1.82, 2.24) is 5.32 Å². The van der Waals surface area contributed by atoms with Crippen molar-refractivity contribution >= 4 is 17.5 Å². The van der Waals surface area contributed by atoms with Gasteiger partial charge in [0.05, 0.1) is 35.2 Å². The second-order valence-corrected chi connectivity index (χ2v) is 4.87. The summed E-state index contributed by atoms with van der Waals surface area (Å²) in [4.78, 5) is 12.2. The Balaban J connectivity index is 2.20. The summed E-state index contributed by atoms with van der Waals surface area (Å²) in [6.45, 7) is 0.392. The van der Waals surface area contributed by atoms with Crippen LogP contribution in [0.4, 0.5) is 20.6 Å². The fourth-order valence-electron chi connectivity index (χ4n) is 2.40. The maximum Gasteiger partial charge on any atom is 0.404 e. The molecule has 1 heterocycles. The first-order valence-corrected chi connectivity index (χ1v) is 6.34. The number of anilines is 2. The molecule has 1 amide bonds. The Kier molecular flexibility index (Phi) is 4.14. The van der Waals surface area contributed by atoms with Crippen LogP contribution in [0.25, 0.3) is 0 Å². The molecule has 0 saturated carbocycles. The normalized spacial score (nSPS) is 21.7. The van der Waals surface area contributed by atoms with Gasteiger partial charge < -0.3 is 26.2 Å². The number of nitrogen functional groups attached to an aromatic ring is 1. The monoisotopic (exact) mass is 294 g/mol. The molecule has 1 aliphatic rings. The number of hydrogen-bond donors (Lipinski definition) is 4. The van der Waals surface area contributed by atoms with E-state index in [1.165, 1.54) is 12.1 Å². The van der Waals surface area contributed by atoms with Gasteiger partial charge in [0.15, 0.2) is 5.82 Å². The van der Waals surface area contributed by atoms with Crippen molar-refractivity contribution in [2.75, 3.05) is 23.7 Å². The van der Waals surface area contributed by atoms with Gasteiger partial charge in [-0.25, -0.2) is 9.18 Å². The number of β-amino-alcohol motifs (C(OH)–C–C–N with tert-alkyl or cyclic N) is 1. The summed E-state index contributed by atoms with van der Waals surface area (Å²) in [5, 5.41) is 29.7. The standard InChI is InChI=1S/C13H15FN4O3/c14-12-8(16)3-7(5-15)4-10(12)18-2-1-9(11(19)6-18)17-13(20)21/h3-4,9,11,17,19H,1-2,6,16H2,(H,20,21). The third-order valence-electron chi connectivity index (χ3n) is 3.44. The van der Waals surface area contributed by atoms with E-state index >= 15 is 0 Å². The van der Waals surface area contributed by atoms with Gasteiger partial charge in [-0.15, -0.1) is 0 Å². The van der Waals surface area contributed by atoms with Crippen molar-refractivity contribution < 1.29 is 19.4 Å². The summed E-state index contributed by atoms with van der Waals surface area (Å²) >= 11 is 0. The molecule has 1 aromatic carbocycles. The number of aliphatic hydroxyl groups is 1. The molecule has 1 fully saturated rings. The largest absolute Gasteiger partial charge is 0.465 e. The van der Waals surface area contributed by atoms with E-state index in [1.807, 2.05) is 6.07 Å². The number of nitriles is 1. The lowest BCUT2D eigenvalue weighted by Crippen LogP contribution is -2.54. The number of hydrogen-bond acceptors (Lipinski definition) is 5. The van der Waals surface area contributed by atoms with E-state index in [0.29, 0.717) is 13.0 Å². The minimum absolute atomic E-state index is 0.0518. The van der Waals surface area contributed by atoms with Crippen LogP contribution in [0.1, 0.15) is 12.0 Å². The summed E-state index contributed by atoms with van der Waals surface area (Å²) in [7, 11) is 0. The van der Waals surface area contributed by atoms with Crippen LogP contribution in [0.2, 0.25) is 0 Å². The second kappa shape index (κ2) is 5.85. The first-order valence-electron chi connectivity index (χ1n) is 6.34. The Morgan fingerprint density at radius 2 is 2.29 bits per heavy atom. The van der Waals surface area contributed by atoms with Crippen LogP contribution in [0, 0.1) is 17.1 Å². The van der Waals surface area contributed by atoms with Crippen molar-refractivity contribution in [2.24, 2.45) is 0 Å². The highest BCUT2D eigenvalue weighted by atomic mass is 19.1. The predicted octanol–water partition coefficient (Wildman–Crippen LogP) is 0.487. The Labute approximate surface area is 120 Å². The first kappa shape index (κ1) is 14.9. The molecule has 0 aromatic heterocycles. The highest BCUT2D eigenvalue weighted by Crippen LogP contribution is 2.28. The molecule has 2 rings (SSSR count). The van der Waals surface area contributed by atoms with E-state index in [1.54, 1.807) is 4.90 Å². The molecule has 1 aromatic rings. The number of piperidine rings is 1. The van der Waals surface area contributed by atoms with Crippen LogP contribution in [0.5, 0.6) is 0 Å². The Bertz CT molecular complexity index is 602. The van der Waals surface area contributed by atoms with Gasteiger partial charge in [0.1, 0.15) is 0 Å². The topological polar surface area (TPSA) is 123 Å². The highest BCUT2D eigenvalue weighted by molar-refractivity contribution is 5.65. The molecule has 0 spiro atoms. The van der Waals surface area contributed by atoms with Crippen molar-refractivity contribution in [3.05, 3.63) is 23.5 Å².